The first-order valence-electron chi connectivity index (χ1n) is 5.60. The van der Waals surface area contributed by atoms with E-state index < -0.39 is 0 Å². The summed E-state index contributed by atoms with van der Waals surface area (Å²) in [5.74, 6) is 0. The Morgan fingerprint density at radius 1 is 1.38 bits per heavy atom. The van der Waals surface area contributed by atoms with Crippen molar-refractivity contribution in [2.75, 3.05) is 6.54 Å². The molecule has 0 saturated carbocycles. The first-order valence-corrected chi connectivity index (χ1v) is 5.60. The van der Waals surface area contributed by atoms with Crippen LogP contribution in [0, 0.1) is 0 Å². The monoisotopic (exact) mass is 218 g/mol. The Kier molecular flexibility index (Phi) is 3.27. The summed E-state index contributed by atoms with van der Waals surface area (Å²) in [4.78, 5) is 0. The van der Waals surface area contributed by atoms with Gasteiger partial charge in [-0.25, -0.2) is 0 Å². The Bertz CT molecular complexity index is 474. The molecule has 1 atom stereocenters. The molecule has 0 aliphatic rings. The highest BCUT2D eigenvalue weighted by molar-refractivity contribution is 5.83. The third-order valence-corrected chi connectivity index (χ3v) is 2.73. The predicted molar refractivity (Wildman–Crippen MR) is 66.3 cm³/mol. The maximum absolute atomic E-state index is 9.18. The molecule has 0 bridgehead atoms. The van der Waals surface area contributed by atoms with Crippen LogP contribution in [0.4, 0.5) is 0 Å². The van der Waals surface area contributed by atoms with Gasteiger partial charge in [-0.3, -0.25) is 0 Å². The van der Waals surface area contributed by atoms with Crippen molar-refractivity contribution >= 4 is 10.9 Å². The van der Waals surface area contributed by atoms with E-state index in [0.29, 0.717) is 6.54 Å². The van der Waals surface area contributed by atoms with Gasteiger partial charge in [0.15, 0.2) is 0 Å². The number of benzene rings is 1. The van der Waals surface area contributed by atoms with Gasteiger partial charge in [-0.1, -0.05) is 18.2 Å². The zero-order chi connectivity index (χ0) is 11.5. The molecule has 1 aromatic heterocycles. The van der Waals surface area contributed by atoms with Gasteiger partial charge in [0.25, 0.3) is 0 Å². The van der Waals surface area contributed by atoms with Gasteiger partial charge in [0, 0.05) is 37.2 Å². The number of hydrogen-bond acceptors (Lipinski definition) is 2. The number of fused-ring (bicyclic) bond motifs is 1. The number of nitrogens with one attached hydrogen (secondary N) is 1. The van der Waals surface area contributed by atoms with Crippen LogP contribution in [0.25, 0.3) is 10.9 Å². The molecular formula is C13H18N2O. The second-order valence-electron chi connectivity index (χ2n) is 4.26. The van der Waals surface area contributed by atoms with Crippen LogP contribution < -0.4 is 5.32 Å². The highest BCUT2D eigenvalue weighted by Gasteiger charge is 2.05. The van der Waals surface area contributed by atoms with E-state index in [0.717, 1.165) is 6.54 Å². The maximum Gasteiger partial charge on any atom is 0.0636 e. The molecule has 0 radical (unpaired) electrons. The zero-order valence-electron chi connectivity index (χ0n) is 9.77. The van der Waals surface area contributed by atoms with Gasteiger partial charge in [-0.2, -0.15) is 0 Å². The number of rotatable bonds is 4. The fourth-order valence-electron chi connectivity index (χ4n) is 1.98. The summed E-state index contributed by atoms with van der Waals surface area (Å²) in [6.45, 7) is 3.21. The summed E-state index contributed by atoms with van der Waals surface area (Å²) in [5, 5.41) is 13.7. The van der Waals surface area contributed by atoms with Crippen LogP contribution in [0.2, 0.25) is 0 Å². The zero-order valence-corrected chi connectivity index (χ0v) is 9.77. The number of nitrogens with zero attached hydrogens (tertiary/aromatic N) is 1. The summed E-state index contributed by atoms with van der Waals surface area (Å²) in [5.41, 5.74) is 2.52. The van der Waals surface area contributed by atoms with Crippen molar-refractivity contribution in [3.05, 3.63) is 36.0 Å². The first-order chi connectivity index (χ1) is 7.68. The third kappa shape index (κ3) is 2.26. The molecule has 2 aromatic rings. The van der Waals surface area contributed by atoms with E-state index in [-0.39, 0.29) is 6.10 Å². The molecule has 1 unspecified atom stereocenters. The normalized spacial score (nSPS) is 13.2. The summed E-state index contributed by atoms with van der Waals surface area (Å²) in [6, 6.07) is 8.36. The molecule has 0 aliphatic heterocycles. The Balaban J connectivity index is 2.18. The molecule has 0 spiro atoms. The van der Waals surface area contributed by atoms with Gasteiger partial charge in [-0.05, 0) is 18.6 Å². The van der Waals surface area contributed by atoms with Crippen molar-refractivity contribution in [3.8, 4) is 0 Å². The smallest absolute Gasteiger partial charge is 0.0636 e. The fraction of sp³-hybridized carbons (Fsp3) is 0.385. The summed E-state index contributed by atoms with van der Waals surface area (Å²) >= 11 is 0. The lowest BCUT2D eigenvalue weighted by atomic mass is 10.2. The summed E-state index contributed by atoms with van der Waals surface area (Å²) in [7, 11) is 2.06. The Morgan fingerprint density at radius 3 is 2.88 bits per heavy atom. The van der Waals surface area contributed by atoms with Gasteiger partial charge in [0.05, 0.1) is 6.10 Å². The second kappa shape index (κ2) is 4.68. The van der Waals surface area contributed by atoms with Crippen molar-refractivity contribution < 1.29 is 5.11 Å². The molecule has 0 aliphatic carbocycles. The minimum Gasteiger partial charge on any atom is -0.392 e. The van der Waals surface area contributed by atoms with Crippen LogP contribution in [0.15, 0.2) is 30.5 Å². The molecule has 1 heterocycles. The van der Waals surface area contributed by atoms with Crippen LogP contribution >= 0.6 is 0 Å². The standard InChI is InChI=1S/C13H18N2O/c1-10(16)7-14-8-11-9-15(2)13-6-4-3-5-12(11)13/h3-6,9-10,14,16H,7-8H2,1-2H3. The summed E-state index contributed by atoms with van der Waals surface area (Å²) in [6.07, 6.45) is 1.84. The number of aryl methyl sites for hydroxylation is 1. The van der Waals surface area contributed by atoms with E-state index in [1.165, 1.54) is 16.5 Å². The van der Waals surface area contributed by atoms with Crippen molar-refractivity contribution in [1.82, 2.24) is 9.88 Å². The molecule has 0 saturated heterocycles. The van der Waals surface area contributed by atoms with E-state index >= 15 is 0 Å². The molecular weight excluding hydrogens is 200 g/mol. The van der Waals surface area contributed by atoms with Crippen molar-refractivity contribution in [2.24, 2.45) is 7.05 Å². The second-order valence-corrected chi connectivity index (χ2v) is 4.26. The van der Waals surface area contributed by atoms with Crippen molar-refractivity contribution in [3.63, 3.8) is 0 Å². The van der Waals surface area contributed by atoms with Crippen molar-refractivity contribution in [1.29, 1.82) is 0 Å². The van der Waals surface area contributed by atoms with Crippen LogP contribution in [0.3, 0.4) is 0 Å². The Labute approximate surface area is 95.7 Å². The van der Waals surface area contributed by atoms with E-state index in [2.05, 4.69) is 47.4 Å². The molecule has 2 rings (SSSR count). The fourth-order valence-corrected chi connectivity index (χ4v) is 1.98. The van der Waals surface area contributed by atoms with Crippen LogP contribution in [-0.4, -0.2) is 22.3 Å². The first kappa shape index (κ1) is 11.2. The van der Waals surface area contributed by atoms with E-state index in [1.54, 1.807) is 6.92 Å². The molecule has 0 amide bonds. The van der Waals surface area contributed by atoms with Crippen LogP contribution in [0.5, 0.6) is 0 Å². The minimum absolute atomic E-state index is 0.296. The largest absolute Gasteiger partial charge is 0.392 e. The molecule has 3 nitrogen and oxygen atoms in total. The lowest BCUT2D eigenvalue weighted by Gasteiger charge is -2.05. The topological polar surface area (TPSA) is 37.2 Å². The lowest BCUT2D eigenvalue weighted by molar-refractivity contribution is 0.191. The quantitative estimate of drug-likeness (QED) is 0.818. The van der Waals surface area contributed by atoms with Gasteiger partial charge < -0.3 is 15.0 Å². The summed E-state index contributed by atoms with van der Waals surface area (Å²) < 4.78 is 2.13. The molecule has 16 heavy (non-hydrogen) atoms. The molecule has 3 heteroatoms. The number of aliphatic hydroxyl groups is 1. The van der Waals surface area contributed by atoms with Gasteiger partial charge in [0.1, 0.15) is 0 Å². The minimum atomic E-state index is -0.296. The SMILES string of the molecule is CC(O)CNCc1cn(C)c2ccccc12. The Morgan fingerprint density at radius 2 is 2.12 bits per heavy atom. The lowest BCUT2D eigenvalue weighted by Crippen LogP contribution is -2.23. The Hall–Kier alpha value is -1.32. The van der Waals surface area contributed by atoms with Crippen LogP contribution in [0.1, 0.15) is 12.5 Å². The highest BCUT2D eigenvalue weighted by Crippen LogP contribution is 2.19. The highest BCUT2D eigenvalue weighted by atomic mass is 16.3. The molecule has 2 N–H and O–H groups in total. The number of para-hydroxylation sites is 1. The van der Waals surface area contributed by atoms with Gasteiger partial charge in [-0.15, -0.1) is 0 Å². The van der Waals surface area contributed by atoms with Gasteiger partial charge >= 0.3 is 0 Å². The number of aromatic nitrogens is 1. The number of hydrogen-bond donors (Lipinski definition) is 2. The molecule has 0 fully saturated rings. The third-order valence-electron chi connectivity index (χ3n) is 2.73. The number of aliphatic hydroxyl groups excluding tert-OH is 1. The maximum atomic E-state index is 9.18. The molecule has 1 aromatic carbocycles. The molecule has 86 valence electrons. The van der Waals surface area contributed by atoms with E-state index in [1.807, 2.05) is 0 Å². The van der Waals surface area contributed by atoms with Crippen LogP contribution in [-0.2, 0) is 13.6 Å². The average Bonchev–Trinajstić information content (AvgIpc) is 2.57. The van der Waals surface area contributed by atoms with E-state index in [4.69, 9.17) is 0 Å². The van der Waals surface area contributed by atoms with E-state index in [9.17, 15) is 5.11 Å². The average molecular weight is 218 g/mol. The van der Waals surface area contributed by atoms with Gasteiger partial charge in [0.2, 0.25) is 0 Å². The predicted octanol–water partition coefficient (Wildman–Crippen LogP) is 1.65. The van der Waals surface area contributed by atoms with Crippen molar-refractivity contribution in [2.45, 2.75) is 19.6 Å².